The number of benzene rings is 1. The maximum atomic E-state index is 13.0. The topological polar surface area (TPSA) is 149 Å². The van der Waals surface area contributed by atoms with Gasteiger partial charge in [-0.25, -0.2) is 15.4 Å². The van der Waals surface area contributed by atoms with Gasteiger partial charge in [0, 0.05) is 19.3 Å². The normalized spacial score (nSPS) is 16.3. The van der Waals surface area contributed by atoms with E-state index in [0.29, 0.717) is 31.5 Å². The van der Waals surface area contributed by atoms with Crippen molar-refractivity contribution in [3.63, 3.8) is 0 Å². The molecule has 1 saturated heterocycles. The Morgan fingerprint density at radius 3 is 2.55 bits per heavy atom. The number of nitrogens with zero attached hydrogens (tertiary/aromatic N) is 3. The molecule has 0 radical (unpaired) electrons. The monoisotopic (exact) mass is 445 g/mol. The smallest absolute Gasteiger partial charge is 0.270 e. The summed E-state index contributed by atoms with van der Waals surface area (Å²) in [5.74, 6) is -0.369. The Hall–Kier alpha value is -3.21. The molecule has 31 heavy (non-hydrogen) atoms. The predicted octanol–water partition coefficient (Wildman–Crippen LogP) is 1.04. The van der Waals surface area contributed by atoms with Gasteiger partial charge in [-0.3, -0.25) is 14.8 Å². The summed E-state index contributed by atoms with van der Waals surface area (Å²) in [4.78, 5) is 38.8. The fourth-order valence-corrected chi connectivity index (χ4v) is 3.74. The first-order valence-electron chi connectivity index (χ1n) is 9.63. The number of amides is 2. The average molecular weight is 446 g/mol. The number of piperidine rings is 1. The highest BCUT2D eigenvalue weighted by molar-refractivity contribution is 5.93. The van der Waals surface area contributed by atoms with Gasteiger partial charge in [-0.1, -0.05) is 30.3 Å². The van der Waals surface area contributed by atoms with Gasteiger partial charge in [-0.15, -0.1) is 12.4 Å². The minimum absolute atomic E-state index is 0. The number of carbonyl (C=O) groups is 2. The first-order chi connectivity index (χ1) is 14.5. The molecule has 164 valence electrons. The molecule has 0 aliphatic carbocycles. The third-order valence-electron chi connectivity index (χ3n) is 5.52. The average Bonchev–Trinajstić information content (AvgIpc) is 3.27. The molecule has 0 saturated carbocycles. The zero-order chi connectivity index (χ0) is 21.1. The first-order valence-corrected chi connectivity index (χ1v) is 9.63. The summed E-state index contributed by atoms with van der Waals surface area (Å²) < 4.78 is 0. The van der Waals surface area contributed by atoms with Crippen molar-refractivity contribution in [2.45, 2.75) is 24.4 Å². The van der Waals surface area contributed by atoms with E-state index in [1.807, 2.05) is 12.3 Å². The number of carbonyl (C=O) groups excluding carboxylic acids is 2. The lowest BCUT2D eigenvalue weighted by Gasteiger charge is -2.39. The quantitative estimate of drug-likeness (QED) is 0.291. The van der Waals surface area contributed by atoms with E-state index in [1.54, 1.807) is 35.8 Å². The summed E-state index contributed by atoms with van der Waals surface area (Å²) >= 11 is 0. The van der Waals surface area contributed by atoms with Crippen LogP contribution < -0.4 is 21.4 Å². The van der Waals surface area contributed by atoms with Crippen LogP contribution in [0.15, 0.2) is 48.9 Å². The molecule has 4 rings (SSSR count). The molecule has 0 unspecified atom stereocenters. The van der Waals surface area contributed by atoms with Crippen LogP contribution >= 0.6 is 12.4 Å². The van der Waals surface area contributed by atoms with E-state index < -0.39 is 23.4 Å². The van der Waals surface area contributed by atoms with Crippen LogP contribution in [0, 0.1) is 0 Å². The number of hydroxylamine groups is 1. The Bertz CT molecular complexity index is 1050. The zero-order valence-corrected chi connectivity index (χ0v) is 17.4. The molecule has 0 bridgehead atoms. The van der Waals surface area contributed by atoms with Gasteiger partial charge in [0.2, 0.25) is 5.91 Å². The van der Waals surface area contributed by atoms with Crippen LogP contribution in [0.3, 0.4) is 0 Å². The molecular formula is C20H24ClN7O3. The van der Waals surface area contributed by atoms with Gasteiger partial charge in [0.1, 0.15) is 23.8 Å². The third kappa shape index (κ3) is 4.46. The van der Waals surface area contributed by atoms with Gasteiger partial charge < -0.3 is 20.9 Å². The number of aromatic nitrogens is 3. The second-order valence-corrected chi connectivity index (χ2v) is 7.37. The highest BCUT2D eigenvalue weighted by atomic mass is 35.5. The predicted molar refractivity (Wildman–Crippen MR) is 117 cm³/mol. The van der Waals surface area contributed by atoms with Crippen LogP contribution in [0.2, 0.25) is 0 Å². The summed E-state index contributed by atoms with van der Waals surface area (Å²) in [6, 6.07) is 9.57. The van der Waals surface area contributed by atoms with Gasteiger partial charge in [0.15, 0.2) is 0 Å². The molecule has 1 aromatic carbocycles. The molecule has 2 aromatic heterocycles. The van der Waals surface area contributed by atoms with E-state index in [9.17, 15) is 9.59 Å². The van der Waals surface area contributed by atoms with E-state index >= 15 is 0 Å². The van der Waals surface area contributed by atoms with E-state index in [0.717, 1.165) is 16.9 Å². The van der Waals surface area contributed by atoms with Crippen molar-refractivity contribution in [1.82, 2.24) is 25.7 Å². The summed E-state index contributed by atoms with van der Waals surface area (Å²) in [6.45, 7) is 1.06. The summed E-state index contributed by atoms with van der Waals surface area (Å²) in [7, 11) is 0. The van der Waals surface area contributed by atoms with Gasteiger partial charge in [-0.2, -0.15) is 0 Å². The van der Waals surface area contributed by atoms with E-state index in [4.69, 9.17) is 10.9 Å². The summed E-state index contributed by atoms with van der Waals surface area (Å²) in [5.41, 5.74) is 8.21. The molecule has 1 aliphatic heterocycles. The maximum Gasteiger partial charge on any atom is 0.270 e. The maximum absolute atomic E-state index is 13.0. The van der Waals surface area contributed by atoms with Crippen molar-refractivity contribution in [3.8, 4) is 0 Å². The second kappa shape index (κ2) is 9.29. The number of nitrogens with two attached hydrogens (primary N) is 1. The number of anilines is 1. The second-order valence-electron chi connectivity index (χ2n) is 7.37. The molecule has 2 amide bonds. The molecule has 1 aliphatic rings. The number of halogens is 1. The van der Waals surface area contributed by atoms with Crippen LogP contribution in [-0.4, -0.2) is 50.6 Å². The lowest BCUT2D eigenvalue weighted by molar-refractivity contribution is -0.136. The van der Waals surface area contributed by atoms with Crippen molar-refractivity contribution < 1.29 is 14.8 Å². The number of aromatic amines is 1. The molecule has 0 spiro atoms. The molecule has 10 nitrogen and oxygen atoms in total. The molecule has 6 N–H and O–H groups in total. The number of nitrogens with one attached hydrogen (secondary N) is 3. The molecule has 3 heterocycles. The van der Waals surface area contributed by atoms with Crippen LogP contribution in [0.1, 0.15) is 24.4 Å². The molecular weight excluding hydrogens is 422 g/mol. The van der Waals surface area contributed by atoms with E-state index in [2.05, 4.69) is 25.2 Å². The summed E-state index contributed by atoms with van der Waals surface area (Å²) in [5, 5.41) is 12.7. The first kappa shape index (κ1) is 22.5. The fourth-order valence-electron chi connectivity index (χ4n) is 3.74. The molecule has 1 atom stereocenters. The number of H-pyrrole nitrogens is 1. The number of fused-ring (bicyclic) bond motifs is 1. The van der Waals surface area contributed by atoms with E-state index in [-0.39, 0.29) is 12.4 Å². The standard InChI is InChI=1S/C20H23N7O3.ClH/c21-20(19(29)25-15(18(28)26-30)13-4-2-1-3-5-13)7-10-27(11-8-20)17-14-6-9-22-16(14)23-12-24-17;/h1-6,9,12,15,30H,7-8,10-11,21H2,(H,25,29)(H,26,28)(H,22,23,24);1H/t15-;/m1./s1. The number of rotatable bonds is 5. The SMILES string of the molecule is Cl.NC1(C(=O)N[C@@H](C(=O)NO)c2ccccc2)CCN(c2ncnc3[nH]ccc23)CC1. The van der Waals surface area contributed by atoms with Crippen LogP contribution in [0.25, 0.3) is 11.0 Å². The number of hydrogen-bond acceptors (Lipinski definition) is 7. The Kier molecular flexibility index (Phi) is 6.74. The molecule has 3 aromatic rings. The van der Waals surface area contributed by atoms with Gasteiger partial charge in [-0.05, 0) is 24.5 Å². The lowest BCUT2D eigenvalue weighted by atomic mass is 9.87. The Labute approximate surface area is 184 Å². The summed E-state index contributed by atoms with van der Waals surface area (Å²) in [6.07, 6.45) is 4.08. The minimum Gasteiger partial charge on any atom is -0.356 e. The Morgan fingerprint density at radius 2 is 1.87 bits per heavy atom. The molecule has 1 fully saturated rings. The van der Waals surface area contributed by atoms with Crippen molar-refractivity contribution in [2.75, 3.05) is 18.0 Å². The highest BCUT2D eigenvalue weighted by Gasteiger charge is 2.40. The van der Waals surface area contributed by atoms with Crippen LogP contribution in [-0.2, 0) is 9.59 Å². The van der Waals surface area contributed by atoms with Gasteiger partial charge in [0.25, 0.3) is 5.91 Å². The number of hydrogen-bond donors (Lipinski definition) is 5. The lowest BCUT2D eigenvalue weighted by Crippen LogP contribution is -2.61. The fraction of sp³-hybridized carbons (Fsp3) is 0.300. The zero-order valence-electron chi connectivity index (χ0n) is 16.6. The van der Waals surface area contributed by atoms with Crippen LogP contribution in [0.4, 0.5) is 5.82 Å². The largest absolute Gasteiger partial charge is 0.356 e. The molecule has 11 heteroatoms. The van der Waals surface area contributed by atoms with Crippen molar-refractivity contribution in [3.05, 3.63) is 54.5 Å². The highest BCUT2D eigenvalue weighted by Crippen LogP contribution is 2.28. The Balaban J connectivity index is 0.00000272. The third-order valence-corrected chi connectivity index (χ3v) is 5.52. The van der Waals surface area contributed by atoms with Crippen LogP contribution in [0.5, 0.6) is 0 Å². The van der Waals surface area contributed by atoms with Gasteiger partial charge in [0.05, 0.1) is 10.9 Å². The van der Waals surface area contributed by atoms with Gasteiger partial charge >= 0.3 is 0 Å². The Morgan fingerprint density at radius 1 is 1.16 bits per heavy atom. The van der Waals surface area contributed by atoms with Crippen molar-refractivity contribution in [2.24, 2.45) is 5.73 Å². The van der Waals surface area contributed by atoms with Crippen molar-refractivity contribution in [1.29, 1.82) is 0 Å². The van der Waals surface area contributed by atoms with E-state index in [1.165, 1.54) is 6.33 Å². The minimum atomic E-state index is -1.14. The van der Waals surface area contributed by atoms with Crippen molar-refractivity contribution >= 4 is 41.1 Å².